The fourth-order valence-electron chi connectivity index (χ4n) is 2.74. The molecule has 5 heteroatoms. The van der Waals surface area contributed by atoms with Gasteiger partial charge in [0.25, 0.3) is 0 Å². The smallest absolute Gasteiger partial charge is 0.169 e. The molecule has 1 aliphatic heterocycles. The van der Waals surface area contributed by atoms with Gasteiger partial charge in [-0.1, -0.05) is 17.7 Å². The van der Waals surface area contributed by atoms with E-state index in [0.717, 1.165) is 29.2 Å². The summed E-state index contributed by atoms with van der Waals surface area (Å²) in [7, 11) is 0. The standard InChI is InChI=1S/C14H18ClNO2S/c15-10-2-1-3-11(8-10)19-13-9-14(5-4-12(13)16)17-6-7-18-14/h1-3,8,12-13H,4-7,9,16H2. The molecule has 1 aromatic rings. The normalized spacial score (nSPS) is 29.8. The Morgan fingerprint density at radius 3 is 2.84 bits per heavy atom. The largest absolute Gasteiger partial charge is 0.347 e. The predicted molar refractivity (Wildman–Crippen MR) is 77.6 cm³/mol. The number of thioether (sulfide) groups is 1. The lowest BCUT2D eigenvalue weighted by atomic mass is 9.90. The molecular formula is C14H18ClNO2S. The van der Waals surface area contributed by atoms with Crippen molar-refractivity contribution in [2.75, 3.05) is 13.2 Å². The lowest BCUT2D eigenvalue weighted by Crippen LogP contribution is -2.47. The van der Waals surface area contributed by atoms with Crippen LogP contribution in [0.3, 0.4) is 0 Å². The first-order valence-electron chi connectivity index (χ1n) is 6.63. The topological polar surface area (TPSA) is 44.5 Å². The van der Waals surface area contributed by atoms with Gasteiger partial charge in [0.1, 0.15) is 0 Å². The van der Waals surface area contributed by atoms with E-state index in [1.54, 1.807) is 11.8 Å². The molecule has 2 atom stereocenters. The van der Waals surface area contributed by atoms with Crippen LogP contribution in [-0.4, -0.2) is 30.3 Å². The summed E-state index contributed by atoms with van der Waals surface area (Å²) in [5.74, 6) is -0.383. The number of hydrogen-bond donors (Lipinski definition) is 1. The Hall–Kier alpha value is -0.260. The molecule has 1 saturated heterocycles. The molecule has 1 spiro atoms. The minimum atomic E-state index is -0.383. The number of rotatable bonds is 2. The van der Waals surface area contributed by atoms with Gasteiger partial charge in [-0.05, 0) is 24.6 Å². The highest BCUT2D eigenvalue weighted by Gasteiger charge is 2.44. The van der Waals surface area contributed by atoms with E-state index in [0.29, 0.717) is 18.5 Å². The number of hydrogen-bond acceptors (Lipinski definition) is 4. The van der Waals surface area contributed by atoms with Crippen LogP contribution in [0, 0.1) is 0 Å². The Bertz CT molecular complexity index is 451. The van der Waals surface area contributed by atoms with Gasteiger partial charge < -0.3 is 15.2 Å². The third kappa shape index (κ3) is 3.09. The molecular weight excluding hydrogens is 282 g/mol. The first-order valence-corrected chi connectivity index (χ1v) is 7.88. The summed E-state index contributed by atoms with van der Waals surface area (Å²) in [4.78, 5) is 1.16. The Morgan fingerprint density at radius 1 is 1.32 bits per heavy atom. The molecule has 2 fully saturated rings. The Kier molecular flexibility index (Phi) is 4.06. The zero-order valence-corrected chi connectivity index (χ0v) is 12.3. The highest BCUT2D eigenvalue weighted by atomic mass is 35.5. The highest BCUT2D eigenvalue weighted by molar-refractivity contribution is 8.00. The molecule has 19 heavy (non-hydrogen) atoms. The van der Waals surface area contributed by atoms with E-state index < -0.39 is 0 Å². The minimum Gasteiger partial charge on any atom is -0.347 e. The summed E-state index contributed by atoms with van der Waals surface area (Å²) in [5.41, 5.74) is 6.25. The van der Waals surface area contributed by atoms with Crippen LogP contribution in [0.4, 0.5) is 0 Å². The van der Waals surface area contributed by atoms with Crippen LogP contribution in [0.1, 0.15) is 19.3 Å². The summed E-state index contributed by atoms with van der Waals surface area (Å²) in [5, 5.41) is 1.07. The van der Waals surface area contributed by atoms with Crippen LogP contribution in [-0.2, 0) is 9.47 Å². The summed E-state index contributed by atoms with van der Waals surface area (Å²) in [6.07, 6.45) is 2.70. The van der Waals surface area contributed by atoms with Gasteiger partial charge in [-0.3, -0.25) is 0 Å². The fourth-order valence-corrected chi connectivity index (χ4v) is 4.34. The molecule has 1 heterocycles. The molecule has 3 rings (SSSR count). The monoisotopic (exact) mass is 299 g/mol. The zero-order valence-electron chi connectivity index (χ0n) is 10.7. The van der Waals surface area contributed by atoms with E-state index in [2.05, 4.69) is 6.07 Å². The van der Waals surface area contributed by atoms with Gasteiger partial charge in [-0.25, -0.2) is 0 Å². The van der Waals surface area contributed by atoms with Crippen molar-refractivity contribution in [3.63, 3.8) is 0 Å². The molecule has 0 radical (unpaired) electrons. The molecule has 0 aromatic heterocycles. The lowest BCUT2D eigenvalue weighted by molar-refractivity contribution is -0.176. The maximum atomic E-state index is 6.25. The molecule has 104 valence electrons. The quantitative estimate of drug-likeness (QED) is 0.911. The molecule has 2 aliphatic rings. The van der Waals surface area contributed by atoms with Crippen molar-refractivity contribution < 1.29 is 9.47 Å². The number of ether oxygens (including phenoxy) is 2. The van der Waals surface area contributed by atoms with Crippen LogP contribution in [0.2, 0.25) is 5.02 Å². The van der Waals surface area contributed by atoms with Crippen molar-refractivity contribution in [1.82, 2.24) is 0 Å². The Labute approximate surface area is 122 Å². The lowest BCUT2D eigenvalue weighted by Gasteiger charge is -2.39. The first-order chi connectivity index (χ1) is 9.17. The Morgan fingerprint density at radius 2 is 2.11 bits per heavy atom. The predicted octanol–water partition coefficient (Wildman–Crippen LogP) is 3.06. The third-order valence-corrected chi connectivity index (χ3v) is 5.33. The number of nitrogens with two attached hydrogens (primary N) is 1. The van der Waals surface area contributed by atoms with Gasteiger partial charge in [0.05, 0.1) is 13.2 Å². The van der Waals surface area contributed by atoms with E-state index in [-0.39, 0.29) is 11.8 Å². The van der Waals surface area contributed by atoms with Gasteiger partial charge >= 0.3 is 0 Å². The van der Waals surface area contributed by atoms with Crippen LogP contribution in [0.5, 0.6) is 0 Å². The number of halogens is 1. The molecule has 3 nitrogen and oxygen atoms in total. The van der Waals surface area contributed by atoms with Gasteiger partial charge in [0.2, 0.25) is 0 Å². The van der Waals surface area contributed by atoms with Gasteiger partial charge in [-0.2, -0.15) is 0 Å². The number of benzene rings is 1. The van der Waals surface area contributed by atoms with Crippen LogP contribution in [0.25, 0.3) is 0 Å². The summed E-state index contributed by atoms with van der Waals surface area (Å²) < 4.78 is 11.6. The fraction of sp³-hybridized carbons (Fsp3) is 0.571. The molecule has 1 aromatic carbocycles. The minimum absolute atomic E-state index is 0.183. The first kappa shape index (κ1) is 13.7. The maximum absolute atomic E-state index is 6.25. The van der Waals surface area contributed by atoms with Crippen molar-refractivity contribution in [2.45, 2.75) is 41.2 Å². The second-order valence-electron chi connectivity index (χ2n) is 5.13. The second-order valence-corrected chi connectivity index (χ2v) is 6.88. The average Bonchev–Trinajstić information content (AvgIpc) is 2.83. The van der Waals surface area contributed by atoms with Crippen molar-refractivity contribution >= 4 is 23.4 Å². The van der Waals surface area contributed by atoms with Crippen LogP contribution >= 0.6 is 23.4 Å². The van der Waals surface area contributed by atoms with Crippen LogP contribution < -0.4 is 5.73 Å². The molecule has 0 bridgehead atoms. The highest BCUT2D eigenvalue weighted by Crippen LogP contribution is 2.42. The summed E-state index contributed by atoms with van der Waals surface area (Å²) in [6, 6.07) is 8.09. The van der Waals surface area contributed by atoms with E-state index >= 15 is 0 Å². The van der Waals surface area contributed by atoms with Crippen molar-refractivity contribution in [3.05, 3.63) is 29.3 Å². The second kappa shape index (κ2) is 5.62. The average molecular weight is 300 g/mol. The Balaban J connectivity index is 1.71. The van der Waals surface area contributed by atoms with E-state index in [4.69, 9.17) is 26.8 Å². The molecule has 2 N–H and O–H groups in total. The van der Waals surface area contributed by atoms with Crippen LogP contribution in [0.15, 0.2) is 29.2 Å². The molecule has 1 aliphatic carbocycles. The maximum Gasteiger partial charge on any atom is 0.169 e. The SMILES string of the molecule is NC1CCC2(CC1Sc1cccc(Cl)c1)OCCO2. The molecule has 0 amide bonds. The molecule has 2 unspecified atom stereocenters. The van der Waals surface area contributed by atoms with E-state index in [1.165, 1.54) is 0 Å². The summed E-state index contributed by atoms with van der Waals surface area (Å²) >= 11 is 7.80. The van der Waals surface area contributed by atoms with E-state index in [9.17, 15) is 0 Å². The van der Waals surface area contributed by atoms with Crippen molar-refractivity contribution in [3.8, 4) is 0 Å². The van der Waals surface area contributed by atoms with Gasteiger partial charge in [0.15, 0.2) is 5.79 Å². The van der Waals surface area contributed by atoms with Crippen molar-refractivity contribution in [2.24, 2.45) is 5.73 Å². The molecule has 1 saturated carbocycles. The van der Waals surface area contributed by atoms with Gasteiger partial charge in [0, 0.05) is 34.1 Å². The van der Waals surface area contributed by atoms with Gasteiger partial charge in [-0.15, -0.1) is 11.8 Å². The van der Waals surface area contributed by atoms with Crippen molar-refractivity contribution in [1.29, 1.82) is 0 Å². The summed E-state index contributed by atoms with van der Waals surface area (Å²) in [6.45, 7) is 1.40. The van der Waals surface area contributed by atoms with E-state index in [1.807, 2.05) is 18.2 Å². The zero-order chi connectivity index (χ0) is 13.3. The third-order valence-electron chi connectivity index (χ3n) is 3.75.